The standard InChI is InChI=1S/C12H19NO5/c1-7(8(2)11(15)16)10(14)13-5-9-6-17-12(3,4)18-9/h9H,5-6H2,1-4H3,(H,13,14)(H,15,16). The van der Waals surface area contributed by atoms with Crippen molar-refractivity contribution in [3.05, 3.63) is 11.1 Å². The molecule has 1 fully saturated rings. The molecule has 0 spiro atoms. The van der Waals surface area contributed by atoms with Crippen molar-refractivity contribution in [1.29, 1.82) is 0 Å². The van der Waals surface area contributed by atoms with Gasteiger partial charge >= 0.3 is 5.97 Å². The van der Waals surface area contributed by atoms with Gasteiger partial charge in [0, 0.05) is 17.7 Å². The van der Waals surface area contributed by atoms with Crippen LogP contribution in [0.25, 0.3) is 0 Å². The van der Waals surface area contributed by atoms with E-state index in [1.165, 1.54) is 13.8 Å². The van der Waals surface area contributed by atoms with Crippen molar-refractivity contribution in [2.45, 2.75) is 39.6 Å². The molecule has 1 unspecified atom stereocenters. The van der Waals surface area contributed by atoms with E-state index in [0.717, 1.165) is 0 Å². The lowest BCUT2D eigenvalue weighted by atomic mass is 10.1. The Bertz CT molecular complexity index is 386. The first kappa shape index (κ1) is 14.7. The molecule has 1 atom stereocenters. The number of hydrogen-bond acceptors (Lipinski definition) is 4. The van der Waals surface area contributed by atoms with Gasteiger partial charge in [-0.2, -0.15) is 0 Å². The number of rotatable bonds is 4. The second-order valence-corrected chi connectivity index (χ2v) is 4.72. The van der Waals surface area contributed by atoms with Gasteiger partial charge in [0.2, 0.25) is 5.91 Å². The van der Waals surface area contributed by atoms with Crippen molar-refractivity contribution >= 4 is 11.9 Å². The summed E-state index contributed by atoms with van der Waals surface area (Å²) in [6, 6.07) is 0. The molecule has 1 aliphatic rings. The van der Waals surface area contributed by atoms with Crippen molar-refractivity contribution in [3.8, 4) is 0 Å². The van der Waals surface area contributed by atoms with Crippen molar-refractivity contribution < 1.29 is 24.2 Å². The highest BCUT2D eigenvalue weighted by Crippen LogP contribution is 2.21. The number of carboxylic acids is 1. The molecule has 0 aromatic carbocycles. The smallest absolute Gasteiger partial charge is 0.331 e. The number of hydrogen-bond donors (Lipinski definition) is 2. The molecule has 0 aromatic rings. The Labute approximate surface area is 106 Å². The zero-order valence-corrected chi connectivity index (χ0v) is 11.1. The normalized spacial score (nSPS) is 23.4. The van der Waals surface area contributed by atoms with Crippen molar-refractivity contribution in [2.75, 3.05) is 13.2 Å². The lowest BCUT2D eigenvalue weighted by Crippen LogP contribution is -2.35. The molecule has 2 N–H and O–H groups in total. The fourth-order valence-electron chi connectivity index (χ4n) is 1.53. The highest BCUT2D eigenvalue weighted by molar-refractivity contribution is 6.01. The Morgan fingerprint density at radius 3 is 2.39 bits per heavy atom. The maximum atomic E-state index is 11.7. The molecular formula is C12H19NO5. The van der Waals surface area contributed by atoms with Crippen LogP contribution in [0.3, 0.4) is 0 Å². The summed E-state index contributed by atoms with van der Waals surface area (Å²) in [4.78, 5) is 22.4. The molecule has 1 aliphatic heterocycles. The van der Waals surface area contributed by atoms with Crippen LogP contribution in [0.1, 0.15) is 27.7 Å². The molecular weight excluding hydrogens is 238 g/mol. The summed E-state index contributed by atoms with van der Waals surface area (Å²) in [6.45, 7) is 7.19. The summed E-state index contributed by atoms with van der Waals surface area (Å²) in [5.74, 6) is -2.12. The zero-order valence-electron chi connectivity index (χ0n) is 11.1. The Morgan fingerprint density at radius 2 is 1.94 bits per heavy atom. The van der Waals surface area contributed by atoms with E-state index in [1.807, 2.05) is 0 Å². The van der Waals surface area contributed by atoms with Gasteiger partial charge in [0.1, 0.15) is 6.10 Å². The molecule has 102 valence electrons. The van der Waals surface area contributed by atoms with Gasteiger partial charge in [-0.15, -0.1) is 0 Å². The van der Waals surface area contributed by atoms with Crippen LogP contribution in [-0.2, 0) is 19.1 Å². The van der Waals surface area contributed by atoms with E-state index < -0.39 is 17.7 Å². The molecule has 0 bridgehead atoms. The highest BCUT2D eigenvalue weighted by Gasteiger charge is 2.32. The summed E-state index contributed by atoms with van der Waals surface area (Å²) < 4.78 is 10.9. The Hall–Kier alpha value is -1.40. The molecule has 6 heteroatoms. The lowest BCUT2D eigenvalue weighted by Gasteiger charge is -2.17. The number of ether oxygens (including phenoxy) is 2. The van der Waals surface area contributed by atoms with Crippen LogP contribution in [0.5, 0.6) is 0 Å². The van der Waals surface area contributed by atoms with Crippen molar-refractivity contribution in [3.63, 3.8) is 0 Å². The van der Waals surface area contributed by atoms with Crippen molar-refractivity contribution in [2.24, 2.45) is 0 Å². The third-order valence-electron chi connectivity index (χ3n) is 2.78. The average molecular weight is 257 g/mol. The lowest BCUT2D eigenvalue weighted by molar-refractivity contribution is -0.139. The maximum Gasteiger partial charge on any atom is 0.331 e. The van der Waals surface area contributed by atoms with E-state index in [2.05, 4.69) is 5.32 Å². The number of carbonyl (C=O) groups is 2. The van der Waals surface area contributed by atoms with Gasteiger partial charge in [-0.25, -0.2) is 4.79 Å². The van der Waals surface area contributed by atoms with Crippen LogP contribution in [-0.4, -0.2) is 42.0 Å². The van der Waals surface area contributed by atoms with E-state index in [9.17, 15) is 9.59 Å². The Kier molecular flexibility index (Phi) is 4.48. The minimum absolute atomic E-state index is 0.0384. The summed E-state index contributed by atoms with van der Waals surface area (Å²) in [6.07, 6.45) is -0.207. The molecule has 6 nitrogen and oxygen atoms in total. The molecule has 0 aliphatic carbocycles. The predicted octanol–water partition coefficient (Wildman–Crippen LogP) is 0.675. The molecule has 0 aromatic heterocycles. The van der Waals surface area contributed by atoms with Gasteiger partial charge in [0.05, 0.1) is 6.61 Å². The van der Waals surface area contributed by atoms with Gasteiger partial charge in [-0.1, -0.05) is 0 Å². The van der Waals surface area contributed by atoms with E-state index in [0.29, 0.717) is 13.2 Å². The quantitative estimate of drug-likeness (QED) is 0.723. The van der Waals surface area contributed by atoms with Crippen LogP contribution in [0.15, 0.2) is 11.1 Å². The third kappa shape index (κ3) is 3.82. The number of nitrogens with one attached hydrogen (secondary N) is 1. The SMILES string of the molecule is CC(C(=O)O)=C(C)C(=O)NCC1COC(C)(C)O1. The van der Waals surface area contributed by atoms with Crippen LogP contribution in [0.2, 0.25) is 0 Å². The number of amides is 1. The van der Waals surface area contributed by atoms with Gasteiger partial charge in [0.15, 0.2) is 5.79 Å². The van der Waals surface area contributed by atoms with Gasteiger partial charge in [0.25, 0.3) is 0 Å². The second kappa shape index (κ2) is 5.49. The van der Waals surface area contributed by atoms with Crippen LogP contribution in [0, 0.1) is 0 Å². The van der Waals surface area contributed by atoms with Gasteiger partial charge in [-0.3, -0.25) is 4.79 Å². The first-order valence-electron chi connectivity index (χ1n) is 5.73. The topological polar surface area (TPSA) is 84.9 Å². The van der Waals surface area contributed by atoms with Crippen LogP contribution in [0.4, 0.5) is 0 Å². The molecule has 0 saturated carbocycles. The minimum Gasteiger partial charge on any atom is -0.478 e. The maximum absolute atomic E-state index is 11.7. The first-order valence-corrected chi connectivity index (χ1v) is 5.73. The van der Waals surface area contributed by atoms with E-state index >= 15 is 0 Å². The third-order valence-corrected chi connectivity index (χ3v) is 2.78. The Morgan fingerprint density at radius 1 is 1.33 bits per heavy atom. The summed E-state index contributed by atoms with van der Waals surface area (Å²) in [5, 5.41) is 11.4. The van der Waals surface area contributed by atoms with Gasteiger partial charge < -0.3 is 19.9 Å². The fourth-order valence-corrected chi connectivity index (χ4v) is 1.53. The van der Waals surface area contributed by atoms with Crippen LogP contribution < -0.4 is 5.32 Å². The molecule has 1 amide bonds. The second-order valence-electron chi connectivity index (χ2n) is 4.72. The molecule has 18 heavy (non-hydrogen) atoms. The summed E-state index contributed by atoms with van der Waals surface area (Å²) in [5.41, 5.74) is 0.233. The fraction of sp³-hybridized carbons (Fsp3) is 0.667. The van der Waals surface area contributed by atoms with Crippen molar-refractivity contribution in [1.82, 2.24) is 5.32 Å². The minimum atomic E-state index is -1.09. The van der Waals surface area contributed by atoms with E-state index in [-0.39, 0.29) is 17.3 Å². The summed E-state index contributed by atoms with van der Waals surface area (Å²) >= 11 is 0. The zero-order chi connectivity index (χ0) is 13.9. The number of carbonyl (C=O) groups excluding carboxylic acids is 1. The predicted molar refractivity (Wildman–Crippen MR) is 63.9 cm³/mol. The molecule has 1 rings (SSSR count). The summed E-state index contributed by atoms with van der Waals surface area (Å²) in [7, 11) is 0. The number of aliphatic carboxylic acids is 1. The van der Waals surface area contributed by atoms with Crippen LogP contribution >= 0.6 is 0 Å². The largest absolute Gasteiger partial charge is 0.478 e. The Balaban J connectivity index is 2.48. The van der Waals surface area contributed by atoms with Gasteiger partial charge in [-0.05, 0) is 27.7 Å². The number of carboxylic acid groups (broad SMARTS) is 1. The van der Waals surface area contributed by atoms with E-state index in [4.69, 9.17) is 14.6 Å². The van der Waals surface area contributed by atoms with E-state index in [1.54, 1.807) is 13.8 Å². The highest BCUT2D eigenvalue weighted by atomic mass is 16.7. The molecule has 1 saturated heterocycles. The average Bonchev–Trinajstić information content (AvgIpc) is 2.63. The monoisotopic (exact) mass is 257 g/mol. The molecule has 1 heterocycles. The molecule has 0 radical (unpaired) electrons. The first-order chi connectivity index (χ1) is 8.23.